The average molecular weight is 232 g/mol. The molecule has 0 aliphatic heterocycles. The van der Waals surface area contributed by atoms with Crippen molar-refractivity contribution in [3.63, 3.8) is 0 Å². The van der Waals surface area contributed by atoms with Crippen LogP contribution in [0.2, 0.25) is 0 Å². The number of aryl methyl sites for hydroxylation is 1. The van der Waals surface area contributed by atoms with E-state index in [1.54, 1.807) is 6.07 Å². The maximum Gasteiger partial charge on any atom is 0.248 e. The van der Waals surface area contributed by atoms with Gasteiger partial charge in [0, 0.05) is 17.3 Å². The Morgan fingerprint density at radius 3 is 2.76 bits per heavy atom. The molecule has 3 N–H and O–H groups in total. The van der Waals surface area contributed by atoms with Gasteiger partial charge in [0.15, 0.2) is 0 Å². The molecule has 1 amide bonds. The van der Waals surface area contributed by atoms with Crippen molar-refractivity contribution in [3.05, 3.63) is 29.3 Å². The molecule has 1 fully saturated rings. The van der Waals surface area contributed by atoms with Gasteiger partial charge in [-0.15, -0.1) is 0 Å². The van der Waals surface area contributed by atoms with Crippen LogP contribution in [0.4, 0.5) is 5.69 Å². The molecule has 1 unspecified atom stereocenters. The fraction of sp³-hybridized carbons (Fsp3) is 0.500. The van der Waals surface area contributed by atoms with Crippen molar-refractivity contribution in [1.82, 2.24) is 0 Å². The summed E-state index contributed by atoms with van der Waals surface area (Å²) in [5.74, 6) is 0.549. The first-order valence-electron chi connectivity index (χ1n) is 6.23. The van der Waals surface area contributed by atoms with Crippen LogP contribution in [0.1, 0.15) is 42.1 Å². The highest BCUT2D eigenvalue weighted by Crippen LogP contribution is 2.34. The van der Waals surface area contributed by atoms with Gasteiger partial charge >= 0.3 is 0 Å². The molecule has 0 spiro atoms. The minimum Gasteiger partial charge on any atom is -0.382 e. The second kappa shape index (κ2) is 4.78. The van der Waals surface area contributed by atoms with Crippen LogP contribution in [-0.4, -0.2) is 11.9 Å². The van der Waals surface area contributed by atoms with Crippen molar-refractivity contribution in [1.29, 1.82) is 0 Å². The molecule has 2 rings (SSSR count). The van der Waals surface area contributed by atoms with E-state index in [2.05, 4.69) is 12.2 Å². The first kappa shape index (κ1) is 12.0. The third-order valence-electron chi connectivity index (χ3n) is 3.30. The third kappa shape index (κ3) is 3.22. The Hall–Kier alpha value is -1.51. The van der Waals surface area contributed by atoms with Gasteiger partial charge in [0.25, 0.3) is 0 Å². The lowest BCUT2D eigenvalue weighted by atomic mass is 10.1. The number of hydrogen-bond acceptors (Lipinski definition) is 2. The van der Waals surface area contributed by atoms with Crippen LogP contribution in [0.3, 0.4) is 0 Å². The maximum atomic E-state index is 11.0. The molecule has 1 saturated carbocycles. The summed E-state index contributed by atoms with van der Waals surface area (Å²) in [4.78, 5) is 11.0. The molecular weight excluding hydrogens is 212 g/mol. The van der Waals surface area contributed by atoms with Crippen LogP contribution >= 0.6 is 0 Å². The Labute approximate surface area is 102 Å². The zero-order valence-electron chi connectivity index (χ0n) is 10.5. The van der Waals surface area contributed by atoms with Gasteiger partial charge < -0.3 is 11.1 Å². The largest absolute Gasteiger partial charge is 0.382 e. The van der Waals surface area contributed by atoms with E-state index in [1.807, 2.05) is 19.1 Å². The maximum absolute atomic E-state index is 11.0. The SMILES string of the molecule is Cc1cc(C(N)=O)ccc1NC(C)CC1CC1. The van der Waals surface area contributed by atoms with Crippen molar-refractivity contribution in [2.24, 2.45) is 11.7 Å². The highest BCUT2D eigenvalue weighted by molar-refractivity contribution is 5.93. The summed E-state index contributed by atoms with van der Waals surface area (Å²) < 4.78 is 0. The van der Waals surface area contributed by atoms with E-state index in [-0.39, 0.29) is 5.91 Å². The van der Waals surface area contributed by atoms with Crippen LogP contribution in [-0.2, 0) is 0 Å². The van der Waals surface area contributed by atoms with Crippen LogP contribution in [0, 0.1) is 12.8 Å². The fourth-order valence-electron chi connectivity index (χ4n) is 2.16. The quantitative estimate of drug-likeness (QED) is 0.820. The van der Waals surface area contributed by atoms with Crippen molar-refractivity contribution in [2.45, 2.75) is 39.2 Å². The molecule has 1 aromatic carbocycles. The molecule has 92 valence electrons. The van der Waals surface area contributed by atoms with Crippen molar-refractivity contribution in [3.8, 4) is 0 Å². The summed E-state index contributed by atoms with van der Waals surface area (Å²) in [6.07, 6.45) is 3.99. The number of amides is 1. The van der Waals surface area contributed by atoms with Crippen molar-refractivity contribution < 1.29 is 4.79 Å². The zero-order valence-corrected chi connectivity index (χ0v) is 10.5. The summed E-state index contributed by atoms with van der Waals surface area (Å²) in [5.41, 5.74) is 7.99. The molecule has 0 bridgehead atoms. The number of rotatable bonds is 5. The number of carbonyl (C=O) groups is 1. The zero-order chi connectivity index (χ0) is 12.4. The highest BCUT2D eigenvalue weighted by Gasteiger charge is 2.23. The summed E-state index contributed by atoms with van der Waals surface area (Å²) >= 11 is 0. The van der Waals surface area contributed by atoms with Gasteiger partial charge in [-0.1, -0.05) is 12.8 Å². The number of primary amides is 1. The van der Waals surface area contributed by atoms with Crippen molar-refractivity contribution >= 4 is 11.6 Å². The number of nitrogens with two attached hydrogens (primary N) is 1. The second-order valence-corrected chi connectivity index (χ2v) is 5.12. The normalized spacial score (nSPS) is 16.6. The fourth-order valence-corrected chi connectivity index (χ4v) is 2.16. The Morgan fingerprint density at radius 2 is 2.24 bits per heavy atom. The number of carbonyl (C=O) groups excluding carboxylic acids is 1. The first-order chi connectivity index (χ1) is 8.06. The van der Waals surface area contributed by atoms with Crippen LogP contribution in [0.25, 0.3) is 0 Å². The Kier molecular flexibility index (Phi) is 3.36. The number of hydrogen-bond donors (Lipinski definition) is 2. The molecule has 1 aliphatic rings. The number of anilines is 1. The lowest BCUT2D eigenvalue weighted by molar-refractivity contribution is 0.100. The molecular formula is C14H20N2O. The van der Waals surface area contributed by atoms with Gasteiger partial charge in [-0.3, -0.25) is 4.79 Å². The van der Waals surface area contributed by atoms with Gasteiger partial charge in [0.1, 0.15) is 0 Å². The second-order valence-electron chi connectivity index (χ2n) is 5.12. The molecule has 1 aliphatic carbocycles. The molecule has 3 heteroatoms. The number of nitrogens with one attached hydrogen (secondary N) is 1. The molecule has 1 atom stereocenters. The van der Waals surface area contributed by atoms with E-state index >= 15 is 0 Å². The van der Waals surface area contributed by atoms with Gasteiger partial charge in [0.05, 0.1) is 0 Å². The minimum absolute atomic E-state index is 0.370. The summed E-state index contributed by atoms with van der Waals surface area (Å²) in [5, 5.41) is 3.50. The van der Waals surface area contributed by atoms with E-state index in [0.717, 1.165) is 17.2 Å². The van der Waals surface area contributed by atoms with Gasteiger partial charge in [-0.05, 0) is 49.9 Å². The van der Waals surface area contributed by atoms with Crippen LogP contribution in [0.15, 0.2) is 18.2 Å². The molecule has 1 aromatic rings. The van der Waals surface area contributed by atoms with E-state index in [0.29, 0.717) is 11.6 Å². The van der Waals surface area contributed by atoms with Crippen LogP contribution in [0.5, 0.6) is 0 Å². The monoisotopic (exact) mass is 232 g/mol. The summed E-state index contributed by atoms with van der Waals surface area (Å²) in [7, 11) is 0. The van der Waals surface area contributed by atoms with Gasteiger partial charge in [-0.2, -0.15) is 0 Å². The molecule has 0 aromatic heterocycles. The topological polar surface area (TPSA) is 55.1 Å². The molecule has 17 heavy (non-hydrogen) atoms. The van der Waals surface area contributed by atoms with E-state index in [9.17, 15) is 4.79 Å². The van der Waals surface area contributed by atoms with Crippen molar-refractivity contribution in [2.75, 3.05) is 5.32 Å². The molecule has 0 heterocycles. The van der Waals surface area contributed by atoms with Gasteiger partial charge in [-0.25, -0.2) is 0 Å². The average Bonchev–Trinajstić information content (AvgIpc) is 3.04. The predicted molar refractivity (Wildman–Crippen MR) is 70.1 cm³/mol. The van der Waals surface area contributed by atoms with Crippen LogP contribution < -0.4 is 11.1 Å². The predicted octanol–water partition coefficient (Wildman–Crippen LogP) is 2.69. The van der Waals surface area contributed by atoms with E-state index in [4.69, 9.17) is 5.73 Å². The smallest absolute Gasteiger partial charge is 0.248 e. The Balaban J connectivity index is 2.02. The summed E-state index contributed by atoms with van der Waals surface area (Å²) in [6.45, 7) is 4.21. The molecule has 0 radical (unpaired) electrons. The number of benzene rings is 1. The third-order valence-corrected chi connectivity index (χ3v) is 3.30. The Bertz CT molecular complexity index is 424. The lowest BCUT2D eigenvalue weighted by Crippen LogP contribution is -2.17. The summed E-state index contributed by atoms with van der Waals surface area (Å²) in [6, 6.07) is 6.05. The van der Waals surface area contributed by atoms with E-state index in [1.165, 1.54) is 19.3 Å². The molecule has 0 saturated heterocycles. The highest BCUT2D eigenvalue weighted by atomic mass is 16.1. The lowest BCUT2D eigenvalue weighted by Gasteiger charge is -2.17. The van der Waals surface area contributed by atoms with Gasteiger partial charge in [0.2, 0.25) is 5.91 Å². The minimum atomic E-state index is -0.370. The first-order valence-corrected chi connectivity index (χ1v) is 6.23. The standard InChI is InChI=1S/C14H20N2O/c1-9-7-12(14(15)17)5-6-13(9)16-10(2)8-11-3-4-11/h5-7,10-11,16H,3-4,8H2,1-2H3,(H2,15,17). The van der Waals surface area contributed by atoms with E-state index < -0.39 is 0 Å². The molecule has 3 nitrogen and oxygen atoms in total. The Morgan fingerprint density at radius 1 is 1.53 bits per heavy atom.